The number of ketones is 1. The molecule has 0 aromatic heterocycles. The normalized spacial score (nSPS) is 10.4. The summed E-state index contributed by atoms with van der Waals surface area (Å²) in [5, 5.41) is -0.174. The summed E-state index contributed by atoms with van der Waals surface area (Å²) in [7, 11) is 0. The van der Waals surface area contributed by atoms with E-state index in [1.807, 2.05) is 13.8 Å². The summed E-state index contributed by atoms with van der Waals surface area (Å²) < 4.78 is 37.1. The van der Waals surface area contributed by atoms with Crippen molar-refractivity contribution in [2.45, 2.75) is 26.9 Å². The van der Waals surface area contributed by atoms with E-state index in [0.717, 1.165) is 19.1 Å². The first-order valence-corrected chi connectivity index (χ1v) is 5.08. The minimum Gasteiger partial charge on any atom is -0.294 e. The molecule has 0 N–H and O–H groups in total. The number of alkyl halides is 3. The Bertz CT molecular complexity index is 372. The van der Waals surface area contributed by atoms with Crippen LogP contribution in [0.1, 0.15) is 36.7 Å². The SMILES string of the molecule is CC.CC(=O)c1c(Cl)cccc1C(F)(F)F. The van der Waals surface area contributed by atoms with Crippen LogP contribution in [0.2, 0.25) is 5.02 Å². The second-order valence-electron chi connectivity index (χ2n) is 2.72. The topological polar surface area (TPSA) is 17.1 Å². The van der Waals surface area contributed by atoms with Crippen molar-refractivity contribution in [2.75, 3.05) is 0 Å². The lowest BCUT2D eigenvalue weighted by Crippen LogP contribution is -2.11. The third-order valence-corrected chi connectivity index (χ3v) is 1.99. The maximum atomic E-state index is 12.4. The number of carbonyl (C=O) groups excluding carboxylic acids is 1. The van der Waals surface area contributed by atoms with Crippen molar-refractivity contribution in [3.05, 3.63) is 34.3 Å². The number of halogens is 4. The first-order chi connectivity index (χ1) is 7.34. The van der Waals surface area contributed by atoms with Gasteiger partial charge in [-0.2, -0.15) is 13.2 Å². The van der Waals surface area contributed by atoms with Gasteiger partial charge in [0.15, 0.2) is 5.78 Å². The molecule has 0 radical (unpaired) electrons. The second kappa shape index (κ2) is 5.89. The monoisotopic (exact) mass is 252 g/mol. The summed E-state index contributed by atoms with van der Waals surface area (Å²) in [5.74, 6) is -0.692. The molecule has 0 spiro atoms. The van der Waals surface area contributed by atoms with E-state index in [2.05, 4.69) is 0 Å². The van der Waals surface area contributed by atoms with Crippen LogP contribution in [0.5, 0.6) is 0 Å². The van der Waals surface area contributed by atoms with Gasteiger partial charge in [0.05, 0.1) is 10.6 Å². The number of benzene rings is 1. The summed E-state index contributed by atoms with van der Waals surface area (Å²) in [4.78, 5) is 10.9. The summed E-state index contributed by atoms with van der Waals surface area (Å²) >= 11 is 5.51. The van der Waals surface area contributed by atoms with Crippen molar-refractivity contribution in [1.82, 2.24) is 0 Å². The zero-order valence-electron chi connectivity index (χ0n) is 9.15. The fourth-order valence-corrected chi connectivity index (χ4v) is 1.43. The molecule has 0 bridgehead atoms. The fourth-order valence-electron chi connectivity index (χ4n) is 1.12. The Balaban J connectivity index is 0.00000106. The van der Waals surface area contributed by atoms with E-state index in [1.165, 1.54) is 6.07 Å². The third-order valence-electron chi connectivity index (χ3n) is 1.67. The zero-order chi connectivity index (χ0) is 12.9. The summed E-state index contributed by atoms with van der Waals surface area (Å²) in [5.41, 5.74) is -1.46. The highest BCUT2D eigenvalue weighted by Gasteiger charge is 2.35. The highest BCUT2D eigenvalue weighted by atomic mass is 35.5. The third kappa shape index (κ3) is 3.52. The molecule has 0 aliphatic heterocycles. The van der Waals surface area contributed by atoms with E-state index >= 15 is 0 Å². The van der Waals surface area contributed by atoms with Gasteiger partial charge < -0.3 is 0 Å². The van der Waals surface area contributed by atoms with Gasteiger partial charge in [-0.15, -0.1) is 0 Å². The van der Waals surface area contributed by atoms with Crippen molar-refractivity contribution in [1.29, 1.82) is 0 Å². The molecule has 5 heteroatoms. The Morgan fingerprint density at radius 1 is 1.25 bits per heavy atom. The predicted octanol–water partition coefficient (Wildman–Crippen LogP) is 4.59. The molecular weight excluding hydrogens is 241 g/mol. The van der Waals surface area contributed by atoms with Gasteiger partial charge in [-0.25, -0.2) is 0 Å². The van der Waals surface area contributed by atoms with Crippen LogP contribution in [0.3, 0.4) is 0 Å². The predicted molar refractivity (Wildman–Crippen MR) is 57.8 cm³/mol. The van der Waals surface area contributed by atoms with Crippen LogP contribution in [0.25, 0.3) is 0 Å². The first-order valence-electron chi connectivity index (χ1n) is 4.70. The number of hydrogen-bond acceptors (Lipinski definition) is 1. The van der Waals surface area contributed by atoms with Gasteiger partial charge in [0.25, 0.3) is 0 Å². The van der Waals surface area contributed by atoms with Gasteiger partial charge in [-0.05, 0) is 19.1 Å². The lowest BCUT2D eigenvalue weighted by atomic mass is 10.0. The smallest absolute Gasteiger partial charge is 0.294 e. The minimum atomic E-state index is -4.55. The van der Waals surface area contributed by atoms with Crippen LogP contribution < -0.4 is 0 Å². The van der Waals surface area contributed by atoms with Crippen molar-refractivity contribution in [3.8, 4) is 0 Å². The summed E-state index contributed by atoms with van der Waals surface area (Å²) in [6.45, 7) is 5.05. The van der Waals surface area contributed by atoms with E-state index in [0.29, 0.717) is 0 Å². The molecule has 1 aromatic rings. The van der Waals surface area contributed by atoms with Crippen molar-refractivity contribution in [2.24, 2.45) is 0 Å². The van der Waals surface area contributed by atoms with Crippen LogP contribution in [0.4, 0.5) is 13.2 Å². The Hall–Kier alpha value is -1.03. The molecule has 0 aliphatic carbocycles. The molecular formula is C11H12ClF3O. The van der Waals surface area contributed by atoms with Gasteiger partial charge in [-0.1, -0.05) is 31.5 Å². The Morgan fingerprint density at radius 2 is 1.75 bits per heavy atom. The highest BCUT2D eigenvalue weighted by Crippen LogP contribution is 2.34. The van der Waals surface area contributed by atoms with Crippen LogP contribution >= 0.6 is 11.6 Å². The average molecular weight is 253 g/mol. The number of rotatable bonds is 1. The molecule has 0 saturated heterocycles. The molecule has 0 fully saturated rings. The average Bonchev–Trinajstić information content (AvgIpc) is 2.18. The Kier molecular flexibility index (Phi) is 5.51. The van der Waals surface area contributed by atoms with Gasteiger partial charge in [0.1, 0.15) is 0 Å². The number of hydrogen-bond donors (Lipinski definition) is 0. The van der Waals surface area contributed by atoms with Gasteiger partial charge >= 0.3 is 6.18 Å². The van der Waals surface area contributed by atoms with Crippen LogP contribution in [-0.2, 0) is 6.18 Å². The second-order valence-corrected chi connectivity index (χ2v) is 3.12. The summed E-state index contributed by atoms with van der Waals surface area (Å²) in [6.07, 6.45) is -4.55. The van der Waals surface area contributed by atoms with E-state index in [4.69, 9.17) is 11.6 Å². The molecule has 0 amide bonds. The molecule has 1 nitrogen and oxygen atoms in total. The van der Waals surface area contributed by atoms with E-state index in [9.17, 15) is 18.0 Å². The van der Waals surface area contributed by atoms with E-state index < -0.39 is 23.1 Å². The molecule has 0 heterocycles. The Morgan fingerprint density at radius 3 is 2.06 bits per heavy atom. The van der Waals surface area contributed by atoms with Gasteiger partial charge in [0, 0.05) is 5.56 Å². The van der Waals surface area contributed by atoms with Crippen molar-refractivity contribution >= 4 is 17.4 Å². The zero-order valence-corrected chi connectivity index (χ0v) is 9.91. The van der Waals surface area contributed by atoms with Crippen molar-refractivity contribution < 1.29 is 18.0 Å². The number of carbonyl (C=O) groups is 1. The maximum absolute atomic E-state index is 12.4. The lowest BCUT2D eigenvalue weighted by molar-refractivity contribution is -0.137. The fraction of sp³-hybridized carbons (Fsp3) is 0.364. The molecule has 0 saturated carbocycles. The van der Waals surface area contributed by atoms with Crippen LogP contribution in [0.15, 0.2) is 18.2 Å². The molecule has 90 valence electrons. The molecule has 0 unspecified atom stereocenters. The maximum Gasteiger partial charge on any atom is 0.417 e. The van der Waals surface area contributed by atoms with Crippen LogP contribution in [-0.4, -0.2) is 5.78 Å². The lowest BCUT2D eigenvalue weighted by Gasteiger charge is -2.11. The van der Waals surface area contributed by atoms with Gasteiger partial charge in [0.2, 0.25) is 0 Å². The van der Waals surface area contributed by atoms with E-state index in [-0.39, 0.29) is 5.02 Å². The number of Topliss-reactive ketones (excluding diaryl/α,β-unsaturated/α-hetero) is 1. The molecule has 0 atom stereocenters. The molecule has 1 aromatic carbocycles. The quantitative estimate of drug-likeness (QED) is 0.668. The van der Waals surface area contributed by atoms with Crippen molar-refractivity contribution in [3.63, 3.8) is 0 Å². The molecule has 1 rings (SSSR count). The van der Waals surface area contributed by atoms with E-state index in [1.54, 1.807) is 0 Å². The highest BCUT2D eigenvalue weighted by molar-refractivity contribution is 6.34. The first kappa shape index (κ1) is 15.0. The minimum absolute atomic E-state index is 0.174. The standard InChI is InChI=1S/C9H6ClF3O.C2H6/c1-5(14)8-6(9(11,12)13)3-2-4-7(8)10;1-2/h2-4H,1H3;1-2H3. The largest absolute Gasteiger partial charge is 0.417 e. The summed E-state index contributed by atoms with van der Waals surface area (Å²) in [6, 6.07) is 3.26. The molecule has 16 heavy (non-hydrogen) atoms. The molecule has 0 aliphatic rings. The van der Waals surface area contributed by atoms with Gasteiger partial charge in [-0.3, -0.25) is 4.79 Å². The Labute approximate surface area is 97.2 Å². The van der Waals surface area contributed by atoms with Crippen LogP contribution in [0, 0.1) is 0 Å².